The molecule has 1 saturated carbocycles. The number of aliphatic imine (C=N–C) groups is 1. The van der Waals surface area contributed by atoms with Crippen molar-refractivity contribution in [1.29, 1.82) is 0 Å². The van der Waals surface area contributed by atoms with Gasteiger partial charge in [-0.25, -0.2) is 4.68 Å². The van der Waals surface area contributed by atoms with Crippen LogP contribution in [0.25, 0.3) is 0 Å². The van der Waals surface area contributed by atoms with Crippen LogP contribution in [0, 0.1) is 5.92 Å². The van der Waals surface area contributed by atoms with E-state index in [1.54, 1.807) is 17.3 Å². The first kappa shape index (κ1) is 17.3. The summed E-state index contributed by atoms with van der Waals surface area (Å²) >= 11 is 0. The van der Waals surface area contributed by atoms with Gasteiger partial charge in [0.25, 0.3) is 0 Å². The maximum atomic E-state index is 12.8. The lowest BCUT2D eigenvalue weighted by molar-refractivity contribution is -0.141. The van der Waals surface area contributed by atoms with E-state index in [1.807, 2.05) is 0 Å². The Bertz CT molecular complexity index is 713. The number of hydrogen-bond acceptors (Lipinski definition) is 5. The number of ether oxygens (including phenoxy) is 1. The van der Waals surface area contributed by atoms with Crippen LogP contribution in [-0.2, 0) is 18.0 Å². The Kier molecular flexibility index (Phi) is 4.44. The highest BCUT2D eigenvalue weighted by atomic mass is 19.4. The van der Waals surface area contributed by atoms with Gasteiger partial charge in [-0.15, -0.1) is 0 Å². The van der Waals surface area contributed by atoms with Gasteiger partial charge in [0.05, 0.1) is 12.1 Å². The number of nitrogens with zero attached hydrogens (tertiary/aromatic N) is 4. The Morgan fingerprint density at radius 3 is 2.80 bits per heavy atom. The zero-order valence-corrected chi connectivity index (χ0v) is 13.5. The van der Waals surface area contributed by atoms with Crippen molar-refractivity contribution in [3.8, 4) is 5.88 Å². The summed E-state index contributed by atoms with van der Waals surface area (Å²) in [6.07, 6.45) is 1.64. The van der Waals surface area contributed by atoms with E-state index in [0.29, 0.717) is 6.42 Å². The number of carbonyl (C=O) groups excluding carboxylic acids is 1. The topological polar surface area (TPSA) is 85.7 Å². The average Bonchev–Trinajstić information content (AvgIpc) is 3.15. The van der Waals surface area contributed by atoms with Gasteiger partial charge in [-0.3, -0.25) is 9.79 Å². The lowest BCUT2D eigenvalue weighted by atomic mass is 10.0. The fourth-order valence-electron chi connectivity index (χ4n) is 3.24. The van der Waals surface area contributed by atoms with Gasteiger partial charge in [-0.2, -0.15) is 18.3 Å². The van der Waals surface area contributed by atoms with Crippen LogP contribution in [-0.4, -0.2) is 39.1 Å². The number of aromatic nitrogens is 2. The highest BCUT2D eigenvalue weighted by Crippen LogP contribution is 2.34. The lowest BCUT2D eigenvalue weighted by Crippen LogP contribution is -2.49. The molecule has 136 valence electrons. The lowest BCUT2D eigenvalue weighted by Gasteiger charge is -2.36. The molecule has 3 unspecified atom stereocenters. The minimum atomic E-state index is -4.55. The van der Waals surface area contributed by atoms with Crippen LogP contribution in [0.1, 0.15) is 25.0 Å². The minimum absolute atomic E-state index is 0.0438. The number of hydrogen-bond donors (Lipinski definition) is 1. The van der Waals surface area contributed by atoms with E-state index < -0.39 is 24.0 Å². The fourth-order valence-corrected chi connectivity index (χ4v) is 3.24. The summed E-state index contributed by atoms with van der Waals surface area (Å²) in [6, 6.07) is 0.658. The maximum Gasteiger partial charge on any atom is 0.435 e. The van der Waals surface area contributed by atoms with E-state index in [4.69, 9.17) is 10.5 Å². The Morgan fingerprint density at radius 2 is 2.16 bits per heavy atom. The first-order chi connectivity index (χ1) is 11.8. The zero-order chi connectivity index (χ0) is 18.2. The Balaban J connectivity index is 1.81. The van der Waals surface area contributed by atoms with Crippen LogP contribution in [0.5, 0.6) is 5.88 Å². The molecule has 2 N–H and O–H groups in total. The highest BCUT2D eigenvalue weighted by molar-refractivity contribution is 5.78. The van der Waals surface area contributed by atoms with Crippen LogP contribution in [0.2, 0.25) is 0 Å². The molecule has 0 radical (unpaired) electrons. The fraction of sp³-hybridized carbons (Fsp3) is 0.533. The van der Waals surface area contributed by atoms with Crippen molar-refractivity contribution in [1.82, 2.24) is 14.7 Å². The Hall–Kier alpha value is -2.52. The molecular formula is C15H18F3N5O2. The summed E-state index contributed by atoms with van der Waals surface area (Å²) in [5.74, 6) is -0.769. The molecule has 0 spiro atoms. The van der Waals surface area contributed by atoms with Crippen LogP contribution < -0.4 is 10.5 Å². The van der Waals surface area contributed by atoms with Gasteiger partial charge in [0.2, 0.25) is 18.0 Å². The quantitative estimate of drug-likeness (QED) is 0.888. The summed E-state index contributed by atoms with van der Waals surface area (Å²) in [4.78, 5) is 17.4. The summed E-state index contributed by atoms with van der Waals surface area (Å²) < 4.78 is 45.1. The van der Waals surface area contributed by atoms with Crippen molar-refractivity contribution in [2.45, 2.75) is 37.7 Å². The van der Waals surface area contributed by atoms with Crippen molar-refractivity contribution in [3.05, 3.63) is 24.2 Å². The van der Waals surface area contributed by atoms with Gasteiger partial charge >= 0.3 is 6.18 Å². The second kappa shape index (κ2) is 6.41. The second-order valence-corrected chi connectivity index (χ2v) is 6.05. The van der Waals surface area contributed by atoms with E-state index in [-0.39, 0.29) is 17.8 Å². The van der Waals surface area contributed by atoms with Crippen molar-refractivity contribution < 1.29 is 22.7 Å². The zero-order valence-electron chi connectivity index (χ0n) is 13.5. The molecule has 2 heterocycles. The number of nitrogens with two attached hydrogens (primary N) is 1. The van der Waals surface area contributed by atoms with E-state index in [1.165, 1.54) is 13.3 Å². The van der Waals surface area contributed by atoms with Gasteiger partial charge in [-0.05, 0) is 12.8 Å². The van der Waals surface area contributed by atoms with E-state index in [0.717, 1.165) is 23.6 Å². The molecule has 1 aromatic rings. The summed E-state index contributed by atoms with van der Waals surface area (Å²) in [5.41, 5.74) is 4.43. The highest BCUT2D eigenvalue weighted by Gasteiger charge is 2.39. The molecule has 0 saturated heterocycles. The molecule has 1 aliphatic heterocycles. The molecule has 25 heavy (non-hydrogen) atoms. The van der Waals surface area contributed by atoms with Crippen LogP contribution in [0.3, 0.4) is 0 Å². The molecule has 1 amide bonds. The van der Waals surface area contributed by atoms with E-state index >= 15 is 0 Å². The van der Waals surface area contributed by atoms with E-state index in [9.17, 15) is 18.0 Å². The summed E-state index contributed by atoms with van der Waals surface area (Å²) in [5, 5.41) is 3.42. The largest absolute Gasteiger partial charge is 0.448 e. The average molecular weight is 357 g/mol. The van der Waals surface area contributed by atoms with Gasteiger partial charge in [0.15, 0.2) is 5.69 Å². The van der Waals surface area contributed by atoms with Crippen LogP contribution >= 0.6 is 0 Å². The summed E-state index contributed by atoms with van der Waals surface area (Å²) in [7, 11) is 1.37. The molecule has 2 aliphatic rings. The molecular weight excluding hydrogens is 339 g/mol. The number of halogens is 3. The number of rotatable bonds is 4. The third kappa shape index (κ3) is 3.47. The normalized spacial score (nSPS) is 26.2. The monoisotopic (exact) mass is 357 g/mol. The maximum absolute atomic E-state index is 12.8. The third-order valence-electron chi connectivity index (χ3n) is 4.43. The molecule has 1 fully saturated rings. The van der Waals surface area contributed by atoms with Gasteiger partial charge in [-0.1, -0.05) is 6.42 Å². The SMILES string of the molecule is Cn1nc(C(F)(F)F)cc1OC1C=NC=CN1C1CCCC1C(N)=O. The second-order valence-electron chi connectivity index (χ2n) is 6.05. The Morgan fingerprint density at radius 1 is 1.40 bits per heavy atom. The smallest absolute Gasteiger partial charge is 0.435 e. The molecule has 10 heteroatoms. The third-order valence-corrected chi connectivity index (χ3v) is 4.43. The van der Waals surface area contributed by atoms with Crippen molar-refractivity contribution >= 4 is 12.1 Å². The molecule has 7 nitrogen and oxygen atoms in total. The number of aryl methyl sites for hydroxylation is 1. The van der Waals surface area contributed by atoms with Crippen LogP contribution in [0.15, 0.2) is 23.5 Å². The van der Waals surface area contributed by atoms with Gasteiger partial charge in [0, 0.05) is 31.6 Å². The molecule has 0 bridgehead atoms. The minimum Gasteiger partial charge on any atom is -0.448 e. The molecule has 3 rings (SSSR count). The Labute approximate surface area is 141 Å². The number of primary amides is 1. The van der Waals surface area contributed by atoms with Gasteiger partial charge in [0.1, 0.15) is 0 Å². The summed E-state index contributed by atoms with van der Waals surface area (Å²) in [6.45, 7) is 0. The molecule has 3 atom stereocenters. The van der Waals surface area contributed by atoms with Crippen LogP contribution in [0.4, 0.5) is 13.2 Å². The van der Waals surface area contributed by atoms with Gasteiger partial charge < -0.3 is 15.4 Å². The van der Waals surface area contributed by atoms with Crippen molar-refractivity contribution in [2.24, 2.45) is 23.7 Å². The number of amides is 1. The standard InChI is InChI=1S/C15H18F3N5O2/c1-22-12(7-11(21-22)15(16,17)18)25-13-8-20-5-6-23(13)10-4-2-3-9(10)14(19)24/h5-10,13H,2-4H2,1H3,(H2,19,24). The van der Waals surface area contributed by atoms with Crippen molar-refractivity contribution in [2.75, 3.05) is 0 Å². The first-order valence-corrected chi connectivity index (χ1v) is 7.82. The number of carbonyl (C=O) groups is 1. The molecule has 0 aromatic carbocycles. The predicted molar refractivity (Wildman–Crippen MR) is 82.4 cm³/mol. The number of alkyl halides is 3. The molecule has 1 aromatic heterocycles. The van der Waals surface area contributed by atoms with Crippen molar-refractivity contribution in [3.63, 3.8) is 0 Å². The first-order valence-electron chi connectivity index (χ1n) is 7.82. The molecule has 1 aliphatic carbocycles. The predicted octanol–water partition coefficient (Wildman–Crippen LogP) is 1.66. The van der Waals surface area contributed by atoms with E-state index in [2.05, 4.69) is 10.1 Å².